The Bertz CT molecular complexity index is 746. The Hall–Kier alpha value is -2.22. The molecule has 0 bridgehead atoms. The molecular formula is C17H19N3O4S. The molecular weight excluding hydrogens is 342 g/mol. The van der Waals surface area contributed by atoms with Crippen LogP contribution < -0.4 is 0 Å². The molecule has 1 saturated carbocycles. The maximum absolute atomic E-state index is 12.2. The third kappa shape index (κ3) is 3.73. The molecule has 132 valence electrons. The lowest BCUT2D eigenvalue weighted by atomic mass is 9.97. The highest BCUT2D eigenvalue weighted by Crippen LogP contribution is 2.32. The van der Waals surface area contributed by atoms with Crippen LogP contribution in [0.25, 0.3) is 10.7 Å². The Kier molecular flexibility index (Phi) is 4.52. The van der Waals surface area contributed by atoms with Crippen LogP contribution in [-0.2, 0) is 20.9 Å². The van der Waals surface area contributed by atoms with Gasteiger partial charge in [0.25, 0.3) is 5.89 Å². The summed E-state index contributed by atoms with van der Waals surface area (Å²) in [5.74, 6) is 0.862. The Morgan fingerprint density at radius 1 is 1.24 bits per heavy atom. The van der Waals surface area contributed by atoms with E-state index in [1.807, 2.05) is 22.4 Å². The van der Waals surface area contributed by atoms with Crippen molar-refractivity contribution in [2.75, 3.05) is 13.1 Å². The third-order valence-electron chi connectivity index (χ3n) is 4.61. The van der Waals surface area contributed by atoms with Crippen molar-refractivity contribution in [1.29, 1.82) is 0 Å². The maximum Gasteiger partial charge on any atom is 0.309 e. The van der Waals surface area contributed by atoms with Gasteiger partial charge >= 0.3 is 5.97 Å². The molecule has 1 aliphatic carbocycles. The van der Waals surface area contributed by atoms with Crippen molar-refractivity contribution in [3.8, 4) is 10.7 Å². The molecule has 0 N–H and O–H groups in total. The van der Waals surface area contributed by atoms with Gasteiger partial charge in [0.2, 0.25) is 11.7 Å². The lowest BCUT2D eigenvalue weighted by Crippen LogP contribution is -2.41. The van der Waals surface area contributed by atoms with E-state index < -0.39 is 0 Å². The lowest BCUT2D eigenvalue weighted by molar-refractivity contribution is -0.153. The number of amides is 1. The number of esters is 1. The molecule has 2 aromatic heterocycles. The molecule has 0 spiro atoms. The molecule has 7 nitrogen and oxygen atoms in total. The number of carbonyl (C=O) groups is 2. The molecule has 8 heteroatoms. The van der Waals surface area contributed by atoms with Crippen LogP contribution in [0.1, 0.15) is 31.6 Å². The number of ether oxygens (including phenoxy) is 1. The second-order valence-electron chi connectivity index (χ2n) is 6.47. The van der Waals surface area contributed by atoms with Crippen molar-refractivity contribution in [3.05, 3.63) is 23.4 Å². The Labute approximate surface area is 149 Å². The SMILES string of the molecule is O=C(OCc1nc(-c2cccs2)no1)C1CCN(C(=O)C2CC2)CC1. The number of rotatable bonds is 5. The highest BCUT2D eigenvalue weighted by atomic mass is 32.1. The zero-order chi connectivity index (χ0) is 17.2. The third-order valence-corrected chi connectivity index (χ3v) is 5.48. The molecule has 2 fully saturated rings. The van der Waals surface area contributed by atoms with Crippen molar-refractivity contribution < 1.29 is 18.8 Å². The average molecular weight is 361 g/mol. The molecule has 0 atom stereocenters. The molecule has 0 radical (unpaired) electrons. The molecule has 0 aromatic carbocycles. The monoisotopic (exact) mass is 361 g/mol. The first-order chi connectivity index (χ1) is 12.2. The van der Waals surface area contributed by atoms with Crippen LogP contribution in [0.15, 0.2) is 22.0 Å². The van der Waals surface area contributed by atoms with Gasteiger partial charge < -0.3 is 14.2 Å². The molecule has 1 saturated heterocycles. The topological polar surface area (TPSA) is 85.5 Å². The van der Waals surface area contributed by atoms with E-state index in [1.165, 1.54) is 11.3 Å². The molecule has 2 aromatic rings. The van der Waals surface area contributed by atoms with E-state index in [2.05, 4.69) is 10.1 Å². The maximum atomic E-state index is 12.2. The Balaban J connectivity index is 1.25. The number of nitrogens with zero attached hydrogens (tertiary/aromatic N) is 3. The van der Waals surface area contributed by atoms with E-state index in [9.17, 15) is 9.59 Å². The van der Waals surface area contributed by atoms with Crippen molar-refractivity contribution >= 4 is 23.2 Å². The normalized spacial score (nSPS) is 18.3. The largest absolute Gasteiger partial charge is 0.455 e. The Morgan fingerprint density at radius 2 is 2.04 bits per heavy atom. The van der Waals surface area contributed by atoms with Crippen molar-refractivity contribution in [3.63, 3.8) is 0 Å². The average Bonchev–Trinajstić information content (AvgIpc) is 3.15. The summed E-state index contributed by atoms with van der Waals surface area (Å²) in [6.07, 6.45) is 3.33. The van der Waals surface area contributed by atoms with Crippen LogP contribution in [0.5, 0.6) is 0 Å². The summed E-state index contributed by atoms with van der Waals surface area (Å²) in [7, 11) is 0. The standard InChI is InChI=1S/C17H19N3O4S/c21-16(11-3-4-11)20-7-5-12(6-8-20)17(22)23-10-14-18-15(19-24-14)13-2-1-9-25-13/h1-2,9,11-12H,3-8,10H2. The zero-order valence-corrected chi connectivity index (χ0v) is 14.5. The van der Waals surface area contributed by atoms with Gasteiger partial charge in [0, 0.05) is 19.0 Å². The van der Waals surface area contributed by atoms with Gasteiger partial charge in [-0.15, -0.1) is 11.3 Å². The summed E-state index contributed by atoms with van der Waals surface area (Å²) >= 11 is 1.52. The van der Waals surface area contributed by atoms with Crippen molar-refractivity contribution in [2.45, 2.75) is 32.3 Å². The first kappa shape index (κ1) is 16.3. The van der Waals surface area contributed by atoms with E-state index in [0.29, 0.717) is 31.8 Å². The van der Waals surface area contributed by atoms with E-state index >= 15 is 0 Å². The summed E-state index contributed by atoms with van der Waals surface area (Å²) in [5.41, 5.74) is 0. The molecule has 1 aliphatic heterocycles. The van der Waals surface area contributed by atoms with Crippen LogP contribution in [0.4, 0.5) is 0 Å². The molecule has 3 heterocycles. The van der Waals surface area contributed by atoms with Crippen LogP contribution in [0, 0.1) is 11.8 Å². The quantitative estimate of drug-likeness (QED) is 0.761. The van der Waals surface area contributed by atoms with Gasteiger partial charge in [-0.3, -0.25) is 9.59 Å². The van der Waals surface area contributed by atoms with Gasteiger partial charge in [0.15, 0.2) is 6.61 Å². The first-order valence-electron chi connectivity index (χ1n) is 8.52. The van der Waals surface area contributed by atoms with Crippen molar-refractivity contribution in [2.24, 2.45) is 11.8 Å². The first-order valence-corrected chi connectivity index (χ1v) is 9.40. The number of hydrogen-bond acceptors (Lipinski definition) is 7. The minimum Gasteiger partial charge on any atom is -0.455 e. The summed E-state index contributed by atoms with van der Waals surface area (Å²) in [4.78, 5) is 31.3. The fraction of sp³-hybridized carbons (Fsp3) is 0.529. The van der Waals surface area contributed by atoms with E-state index in [-0.39, 0.29) is 36.2 Å². The number of likely N-dealkylation sites (tertiary alicyclic amines) is 1. The van der Waals surface area contributed by atoms with Gasteiger partial charge in [0.05, 0.1) is 10.8 Å². The summed E-state index contributed by atoms with van der Waals surface area (Å²) in [5, 5.41) is 5.83. The van der Waals surface area contributed by atoms with Gasteiger partial charge in [-0.1, -0.05) is 11.2 Å². The fourth-order valence-corrected chi connectivity index (χ4v) is 3.64. The van der Waals surface area contributed by atoms with Crippen LogP contribution in [0.3, 0.4) is 0 Å². The van der Waals surface area contributed by atoms with E-state index in [0.717, 1.165) is 17.7 Å². The number of thiophene rings is 1. The molecule has 1 amide bonds. The number of carbonyl (C=O) groups excluding carboxylic acids is 2. The van der Waals surface area contributed by atoms with Crippen LogP contribution >= 0.6 is 11.3 Å². The number of hydrogen-bond donors (Lipinski definition) is 0. The molecule has 2 aliphatic rings. The highest BCUT2D eigenvalue weighted by molar-refractivity contribution is 7.13. The number of piperidine rings is 1. The second kappa shape index (κ2) is 6.95. The smallest absolute Gasteiger partial charge is 0.309 e. The Morgan fingerprint density at radius 3 is 2.72 bits per heavy atom. The second-order valence-corrected chi connectivity index (χ2v) is 7.42. The highest BCUT2D eigenvalue weighted by Gasteiger charge is 2.36. The van der Waals surface area contributed by atoms with Gasteiger partial charge in [-0.05, 0) is 37.1 Å². The molecule has 4 rings (SSSR count). The summed E-state index contributed by atoms with van der Waals surface area (Å²) in [6, 6.07) is 3.82. The predicted octanol–water partition coefficient (Wildman–Crippen LogP) is 2.49. The van der Waals surface area contributed by atoms with Gasteiger partial charge in [-0.2, -0.15) is 4.98 Å². The minimum atomic E-state index is -0.255. The predicted molar refractivity (Wildman–Crippen MR) is 89.4 cm³/mol. The summed E-state index contributed by atoms with van der Waals surface area (Å²) < 4.78 is 10.4. The van der Waals surface area contributed by atoms with Gasteiger partial charge in [0.1, 0.15) is 0 Å². The van der Waals surface area contributed by atoms with Crippen LogP contribution in [-0.4, -0.2) is 40.0 Å². The minimum absolute atomic E-state index is 0.0154. The lowest BCUT2D eigenvalue weighted by Gasteiger charge is -2.30. The zero-order valence-electron chi connectivity index (χ0n) is 13.7. The van der Waals surface area contributed by atoms with Gasteiger partial charge in [-0.25, -0.2) is 0 Å². The fourth-order valence-electron chi connectivity index (χ4n) is 2.99. The van der Waals surface area contributed by atoms with Crippen LogP contribution in [0.2, 0.25) is 0 Å². The van der Waals surface area contributed by atoms with E-state index in [4.69, 9.17) is 9.26 Å². The van der Waals surface area contributed by atoms with Crippen molar-refractivity contribution in [1.82, 2.24) is 15.0 Å². The molecule has 25 heavy (non-hydrogen) atoms. The number of aromatic nitrogens is 2. The summed E-state index contributed by atoms with van der Waals surface area (Å²) in [6.45, 7) is 1.26. The molecule has 0 unspecified atom stereocenters. The van der Waals surface area contributed by atoms with E-state index in [1.54, 1.807) is 0 Å².